The van der Waals surface area contributed by atoms with E-state index in [0.29, 0.717) is 52.7 Å². The van der Waals surface area contributed by atoms with Crippen molar-refractivity contribution in [2.75, 3.05) is 41.8 Å². The van der Waals surface area contributed by atoms with E-state index in [1.54, 1.807) is 17.1 Å². The molecular weight excluding hydrogens is 539 g/mol. The molecule has 41 heavy (non-hydrogen) atoms. The van der Waals surface area contributed by atoms with Crippen molar-refractivity contribution in [2.45, 2.75) is 0 Å². The van der Waals surface area contributed by atoms with Crippen LogP contribution in [0.15, 0.2) is 67.4 Å². The van der Waals surface area contributed by atoms with Crippen LogP contribution in [0.4, 0.5) is 28.8 Å². The number of morpholine rings is 1. The molecule has 12 nitrogen and oxygen atoms in total. The number of rotatable bonds is 7. The van der Waals surface area contributed by atoms with Crippen molar-refractivity contribution in [1.29, 1.82) is 0 Å². The van der Waals surface area contributed by atoms with E-state index in [4.69, 9.17) is 14.7 Å². The normalized spacial score (nSPS) is 13.7. The molecule has 0 radical (unpaired) electrons. The van der Waals surface area contributed by atoms with Crippen LogP contribution in [0, 0.1) is 0 Å². The van der Waals surface area contributed by atoms with Crippen LogP contribution in [0.5, 0.6) is 0 Å². The largest absolute Gasteiger partial charge is 0.378 e. The van der Waals surface area contributed by atoms with Crippen LogP contribution in [0.3, 0.4) is 0 Å². The second kappa shape index (κ2) is 10.6. The van der Waals surface area contributed by atoms with Gasteiger partial charge in [-0.2, -0.15) is 15.1 Å². The van der Waals surface area contributed by atoms with E-state index in [0.717, 1.165) is 41.0 Å². The van der Waals surface area contributed by atoms with Gasteiger partial charge in [-0.3, -0.25) is 19.2 Å². The first-order chi connectivity index (χ1) is 20.2. The minimum atomic E-state index is -0.174. The predicted octanol–water partition coefficient (Wildman–Crippen LogP) is 4.54. The quantitative estimate of drug-likeness (QED) is 0.237. The Balaban J connectivity index is 1.26. The number of benzene rings is 2. The lowest BCUT2D eigenvalue weighted by Gasteiger charge is -2.30. The Morgan fingerprint density at radius 1 is 1.02 bits per heavy atom. The smallest absolute Gasteiger partial charge is 0.231 e. The number of anilines is 5. The van der Waals surface area contributed by atoms with Gasteiger partial charge in [0.05, 0.1) is 41.3 Å². The molecule has 1 saturated heterocycles. The number of hydrogen-bond acceptors (Lipinski definition) is 10. The second-order valence-electron chi connectivity index (χ2n) is 9.60. The number of fused-ring (bicyclic) bond motifs is 2. The molecule has 1 aliphatic rings. The number of ether oxygens (including phenoxy) is 1. The summed E-state index contributed by atoms with van der Waals surface area (Å²) in [6.07, 6.45) is 8.88. The van der Waals surface area contributed by atoms with Gasteiger partial charge in [-0.1, -0.05) is 0 Å². The summed E-state index contributed by atoms with van der Waals surface area (Å²) >= 11 is 0. The summed E-state index contributed by atoms with van der Waals surface area (Å²) in [6, 6.07) is 11.8. The molecule has 4 aromatic heterocycles. The standard InChI is InChI=1S/C28H25N10O2P/c1-37-16-17(15-32-37)20-14-18(2-5-23(20)38-10-12-40-13-11-38)33-28-35-26-19(6-7-31-26)27(36-28)34-22-4-3-21-24(25(22)41-39)30-9-8-29-21/h2-9,14-16H,10-13H2,1H3,(H3,31,33,34,35,36). The van der Waals surface area contributed by atoms with Gasteiger partial charge in [-0.05, 0) is 36.4 Å². The molecule has 0 saturated carbocycles. The van der Waals surface area contributed by atoms with Crippen molar-refractivity contribution in [3.8, 4) is 11.1 Å². The van der Waals surface area contributed by atoms with Gasteiger partial charge in [0, 0.05) is 67.4 Å². The van der Waals surface area contributed by atoms with Crippen molar-refractivity contribution in [3.63, 3.8) is 0 Å². The molecule has 0 amide bonds. The van der Waals surface area contributed by atoms with Crippen LogP contribution in [0.1, 0.15) is 0 Å². The number of H-pyrrole nitrogens is 1. The molecule has 1 fully saturated rings. The van der Waals surface area contributed by atoms with E-state index in [9.17, 15) is 4.57 Å². The fraction of sp³-hybridized carbons (Fsp3) is 0.179. The van der Waals surface area contributed by atoms with E-state index >= 15 is 0 Å². The zero-order valence-electron chi connectivity index (χ0n) is 22.1. The average molecular weight is 565 g/mol. The summed E-state index contributed by atoms with van der Waals surface area (Å²) in [4.78, 5) is 23.7. The summed E-state index contributed by atoms with van der Waals surface area (Å²) in [5, 5.41) is 12.4. The molecule has 0 spiro atoms. The van der Waals surface area contributed by atoms with Crippen molar-refractivity contribution >= 4 is 64.7 Å². The molecule has 5 heterocycles. The lowest BCUT2D eigenvalue weighted by atomic mass is 10.0. The zero-order chi connectivity index (χ0) is 27.8. The summed E-state index contributed by atoms with van der Waals surface area (Å²) in [5.41, 5.74) is 6.54. The molecule has 0 atom stereocenters. The molecule has 1 aliphatic heterocycles. The van der Waals surface area contributed by atoms with Gasteiger partial charge in [-0.25, -0.2) is 0 Å². The van der Waals surface area contributed by atoms with Crippen LogP contribution in [0.25, 0.3) is 33.2 Å². The van der Waals surface area contributed by atoms with E-state index in [-0.39, 0.29) is 8.46 Å². The summed E-state index contributed by atoms with van der Waals surface area (Å²) in [5.74, 6) is 0.963. The lowest BCUT2D eigenvalue weighted by molar-refractivity contribution is 0.123. The van der Waals surface area contributed by atoms with Crippen molar-refractivity contribution in [3.05, 3.63) is 67.4 Å². The maximum absolute atomic E-state index is 12.2. The number of aryl methyl sites for hydroxylation is 1. The minimum Gasteiger partial charge on any atom is -0.378 e. The third-order valence-electron chi connectivity index (χ3n) is 6.99. The van der Waals surface area contributed by atoms with Crippen LogP contribution in [-0.2, 0) is 16.3 Å². The van der Waals surface area contributed by atoms with Gasteiger partial charge in [0.25, 0.3) is 0 Å². The molecule has 6 aromatic rings. The van der Waals surface area contributed by atoms with Crippen molar-refractivity contribution in [1.82, 2.24) is 34.7 Å². The molecule has 0 aliphatic carbocycles. The van der Waals surface area contributed by atoms with Crippen LogP contribution < -0.4 is 20.8 Å². The molecule has 204 valence electrons. The Labute approximate surface area is 236 Å². The monoisotopic (exact) mass is 564 g/mol. The highest BCUT2D eigenvalue weighted by atomic mass is 31.1. The Morgan fingerprint density at radius 2 is 1.90 bits per heavy atom. The molecule has 0 unspecified atom stereocenters. The SMILES string of the molecule is Cn1cc(-c2cc(Nc3nc(Nc4ccc5nccnc5c4P=O)c4cc[nH]c4n3)ccc2N2CCOCC2)cn1. The van der Waals surface area contributed by atoms with Crippen LogP contribution in [-0.4, -0.2) is 61.0 Å². The van der Waals surface area contributed by atoms with Gasteiger partial charge in [-0.15, -0.1) is 0 Å². The van der Waals surface area contributed by atoms with Gasteiger partial charge < -0.3 is 25.3 Å². The highest BCUT2D eigenvalue weighted by molar-refractivity contribution is 7.35. The van der Waals surface area contributed by atoms with Gasteiger partial charge >= 0.3 is 0 Å². The van der Waals surface area contributed by atoms with Crippen LogP contribution >= 0.6 is 8.46 Å². The predicted molar refractivity (Wildman–Crippen MR) is 159 cm³/mol. The molecule has 7 rings (SSSR count). The van der Waals surface area contributed by atoms with E-state index in [2.05, 4.69) is 47.7 Å². The van der Waals surface area contributed by atoms with E-state index in [1.807, 2.05) is 49.9 Å². The van der Waals surface area contributed by atoms with Crippen LogP contribution in [0.2, 0.25) is 0 Å². The lowest BCUT2D eigenvalue weighted by Crippen LogP contribution is -2.36. The first kappa shape index (κ1) is 25.1. The van der Waals surface area contributed by atoms with Gasteiger partial charge in [0.1, 0.15) is 17.0 Å². The maximum Gasteiger partial charge on any atom is 0.231 e. The molecule has 3 N–H and O–H groups in total. The minimum absolute atomic E-state index is 0.174. The number of hydrogen-bond donors (Lipinski definition) is 3. The maximum atomic E-state index is 12.2. The summed E-state index contributed by atoms with van der Waals surface area (Å²) in [6.45, 7) is 3.05. The third-order valence-corrected chi connectivity index (χ3v) is 7.63. The van der Waals surface area contributed by atoms with Crippen molar-refractivity contribution in [2.24, 2.45) is 7.05 Å². The number of aromatic nitrogens is 7. The Bertz CT molecular complexity index is 1900. The van der Waals surface area contributed by atoms with Gasteiger partial charge in [0.2, 0.25) is 5.95 Å². The molecule has 0 bridgehead atoms. The summed E-state index contributed by atoms with van der Waals surface area (Å²) in [7, 11) is 1.74. The molecule has 2 aromatic carbocycles. The number of nitrogens with zero attached hydrogens (tertiary/aromatic N) is 7. The average Bonchev–Trinajstić information content (AvgIpc) is 3.67. The Morgan fingerprint density at radius 3 is 2.73 bits per heavy atom. The van der Waals surface area contributed by atoms with Gasteiger partial charge in [0.15, 0.2) is 8.46 Å². The van der Waals surface area contributed by atoms with E-state index < -0.39 is 0 Å². The zero-order valence-corrected chi connectivity index (χ0v) is 23.0. The summed E-state index contributed by atoms with van der Waals surface area (Å²) < 4.78 is 19.5. The molecule has 13 heteroatoms. The van der Waals surface area contributed by atoms with Crippen molar-refractivity contribution < 1.29 is 9.30 Å². The third kappa shape index (κ3) is 4.83. The first-order valence-electron chi connectivity index (χ1n) is 13.1. The number of nitrogens with one attached hydrogen (secondary N) is 3. The topological polar surface area (TPSA) is 139 Å². The second-order valence-corrected chi connectivity index (χ2v) is 10.2. The van der Waals surface area contributed by atoms with E-state index in [1.165, 1.54) is 0 Å². The highest BCUT2D eigenvalue weighted by Gasteiger charge is 2.19. The highest BCUT2D eigenvalue weighted by Crippen LogP contribution is 2.35. The fourth-order valence-corrected chi connectivity index (χ4v) is 5.54. The number of aromatic amines is 1. The fourth-order valence-electron chi connectivity index (χ4n) is 5.05. The Kier molecular flexibility index (Phi) is 6.46. The Hall–Kier alpha value is -4.93. The first-order valence-corrected chi connectivity index (χ1v) is 13.9. The molecular formula is C28H25N10O2P.